The number of hydrogen-bond acceptors (Lipinski definition) is 3. The lowest BCUT2D eigenvalue weighted by atomic mass is 9.89. The lowest BCUT2D eigenvalue weighted by molar-refractivity contribution is 0.101. The quantitative estimate of drug-likeness (QED) is 0.632. The van der Waals surface area contributed by atoms with Crippen LogP contribution in [-0.4, -0.2) is 12.3 Å². The van der Waals surface area contributed by atoms with Gasteiger partial charge < -0.3 is 11.1 Å². The molecule has 3 N–H and O–H groups in total. The number of ketones is 1. The van der Waals surface area contributed by atoms with E-state index in [0.29, 0.717) is 16.7 Å². The van der Waals surface area contributed by atoms with E-state index in [0.717, 1.165) is 12.2 Å². The molecule has 3 nitrogen and oxygen atoms in total. The Labute approximate surface area is 109 Å². The molecule has 1 aromatic rings. The zero-order valence-corrected chi connectivity index (χ0v) is 11.3. The average Bonchev–Trinajstić information content (AvgIpc) is 2.75. The molecule has 0 unspecified atom stereocenters. The highest BCUT2D eigenvalue weighted by Gasteiger charge is 2.28. The molecule has 1 saturated carbocycles. The average molecular weight is 246 g/mol. The van der Waals surface area contributed by atoms with Gasteiger partial charge in [-0.15, -0.1) is 0 Å². The molecule has 0 amide bonds. The van der Waals surface area contributed by atoms with Gasteiger partial charge in [0.1, 0.15) is 0 Å². The number of carbonyl (C=O) groups is 1. The third-order valence-corrected chi connectivity index (χ3v) is 3.96. The molecule has 0 aliphatic heterocycles. The van der Waals surface area contributed by atoms with Crippen LogP contribution in [0.1, 0.15) is 49.9 Å². The summed E-state index contributed by atoms with van der Waals surface area (Å²) in [5.41, 5.74) is 8.34. The molecular formula is C15H22N2O. The first-order valence-corrected chi connectivity index (χ1v) is 6.65. The lowest BCUT2D eigenvalue weighted by Crippen LogP contribution is -2.23. The van der Waals surface area contributed by atoms with Gasteiger partial charge in [-0.05, 0) is 43.4 Å². The summed E-state index contributed by atoms with van der Waals surface area (Å²) in [5, 5.41) is 3.44. The molecule has 1 aromatic carbocycles. The smallest absolute Gasteiger partial charge is 0.161 e. The minimum Gasteiger partial charge on any atom is -0.398 e. The third-order valence-electron chi connectivity index (χ3n) is 3.96. The minimum atomic E-state index is 0.0169. The van der Waals surface area contributed by atoms with Crippen molar-refractivity contribution in [3.8, 4) is 0 Å². The van der Waals surface area contributed by atoms with E-state index < -0.39 is 0 Å². The Hall–Kier alpha value is -1.51. The number of nitrogens with two attached hydrogens (primary N) is 1. The Morgan fingerprint density at radius 3 is 2.67 bits per heavy atom. The standard InChI is InChI=1S/C15H22N2O/c1-11(18)13-9-12(5-6-14(13)16)17-10-15(2)7-3-4-8-15/h5-6,9,17H,3-4,7-8,10,16H2,1-2H3. The number of rotatable bonds is 4. The number of nitrogens with one attached hydrogen (secondary N) is 1. The summed E-state index contributed by atoms with van der Waals surface area (Å²) in [4.78, 5) is 11.4. The molecule has 1 aliphatic rings. The van der Waals surface area contributed by atoms with Gasteiger partial charge in [-0.1, -0.05) is 19.8 Å². The van der Waals surface area contributed by atoms with Crippen LogP contribution in [0.25, 0.3) is 0 Å². The van der Waals surface area contributed by atoms with Gasteiger partial charge in [0, 0.05) is 23.5 Å². The fraction of sp³-hybridized carbons (Fsp3) is 0.533. The number of nitrogen functional groups attached to an aromatic ring is 1. The van der Waals surface area contributed by atoms with E-state index in [9.17, 15) is 4.79 Å². The number of hydrogen-bond donors (Lipinski definition) is 2. The van der Waals surface area contributed by atoms with Crippen LogP contribution in [0, 0.1) is 5.41 Å². The summed E-state index contributed by atoms with van der Waals surface area (Å²) < 4.78 is 0. The Bertz CT molecular complexity index is 448. The molecule has 3 heteroatoms. The largest absolute Gasteiger partial charge is 0.398 e. The molecule has 0 bridgehead atoms. The first kappa shape index (κ1) is 12.9. The van der Waals surface area contributed by atoms with Crippen molar-refractivity contribution in [3.05, 3.63) is 23.8 Å². The van der Waals surface area contributed by atoms with Gasteiger partial charge in [0.25, 0.3) is 0 Å². The molecule has 0 atom stereocenters. The maximum Gasteiger partial charge on any atom is 0.161 e. The molecule has 1 aliphatic carbocycles. The number of Topliss-reactive ketones (excluding diaryl/α,β-unsaturated/α-hetero) is 1. The molecule has 2 rings (SSSR count). The summed E-state index contributed by atoms with van der Waals surface area (Å²) in [7, 11) is 0. The normalized spacial score (nSPS) is 17.7. The summed E-state index contributed by atoms with van der Waals surface area (Å²) in [6.45, 7) is 4.85. The zero-order chi connectivity index (χ0) is 13.2. The van der Waals surface area contributed by atoms with Crippen LogP contribution in [0.5, 0.6) is 0 Å². The Kier molecular flexibility index (Phi) is 3.60. The maximum absolute atomic E-state index is 11.4. The van der Waals surface area contributed by atoms with Crippen LogP contribution in [-0.2, 0) is 0 Å². The van der Waals surface area contributed by atoms with Crippen LogP contribution >= 0.6 is 0 Å². The molecule has 98 valence electrons. The fourth-order valence-corrected chi connectivity index (χ4v) is 2.69. The summed E-state index contributed by atoms with van der Waals surface area (Å²) in [5.74, 6) is 0.0169. The maximum atomic E-state index is 11.4. The van der Waals surface area contributed by atoms with Crippen LogP contribution in [0.2, 0.25) is 0 Å². The third kappa shape index (κ3) is 2.84. The van der Waals surface area contributed by atoms with Crippen molar-refractivity contribution in [1.29, 1.82) is 0 Å². The van der Waals surface area contributed by atoms with E-state index in [1.54, 1.807) is 13.0 Å². The molecular weight excluding hydrogens is 224 g/mol. The number of benzene rings is 1. The van der Waals surface area contributed by atoms with Crippen molar-refractivity contribution >= 4 is 17.2 Å². The summed E-state index contributed by atoms with van der Waals surface area (Å²) in [6, 6.07) is 5.60. The van der Waals surface area contributed by atoms with Gasteiger partial charge in [-0.2, -0.15) is 0 Å². The Morgan fingerprint density at radius 2 is 2.06 bits per heavy atom. The molecule has 18 heavy (non-hydrogen) atoms. The van der Waals surface area contributed by atoms with Crippen LogP contribution in [0.15, 0.2) is 18.2 Å². The second-order valence-electron chi connectivity index (χ2n) is 5.73. The van der Waals surface area contributed by atoms with Crippen LogP contribution < -0.4 is 11.1 Å². The van der Waals surface area contributed by atoms with E-state index >= 15 is 0 Å². The van der Waals surface area contributed by atoms with Gasteiger partial charge in [-0.25, -0.2) is 0 Å². The zero-order valence-electron chi connectivity index (χ0n) is 11.3. The van der Waals surface area contributed by atoms with Crippen molar-refractivity contribution in [2.75, 3.05) is 17.6 Å². The second kappa shape index (κ2) is 5.01. The number of anilines is 2. The van der Waals surface area contributed by atoms with Crippen molar-refractivity contribution < 1.29 is 4.79 Å². The van der Waals surface area contributed by atoms with Gasteiger partial charge in [0.15, 0.2) is 5.78 Å². The van der Waals surface area contributed by atoms with Gasteiger partial charge in [0.05, 0.1) is 0 Å². The van der Waals surface area contributed by atoms with Crippen molar-refractivity contribution in [2.24, 2.45) is 5.41 Å². The highest BCUT2D eigenvalue weighted by molar-refractivity contribution is 6.00. The highest BCUT2D eigenvalue weighted by atomic mass is 16.1. The topological polar surface area (TPSA) is 55.1 Å². The van der Waals surface area contributed by atoms with Crippen LogP contribution in [0.4, 0.5) is 11.4 Å². The van der Waals surface area contributed by atoms with Gasteiger partial charge in [0.2, 0.25) is 0 Å². The molecule has 0 saturated heterocycles. The highest BCUT2D eigenvalue weighted by Crippen LogP contribution is 2.37. The van der Waals surface area contributed by atoms with Crippen molar-refractivity contribution in [2.45, 2.75) is 39.5 Å². The monoisotopic (exact) mass is 246 g/mol. The summed E-state index contributed by atoms with van der Waals surface area (Å²) >= 11 is 0. The van der Waals surface area contributed by atoms with E-state index in [1.165, 1.54) is 25.7 Å². The number of carbonyl (C=O) groups excluding carboxylic acids is 1. The SMILES string of the molecule is CC(=O)c1cc(NCC2(C)CCCC2)ccc1N. The Balaban J connectivity index is 2.05. The van der Waals surface area contributed by atoms with Gasteiger partial charge >= 0.3 is 0 Å². The molecule has 1 fully saturated rings. The predicted molar refractivity (Wildman–Crippen MR) is 75.9 cm³/mol. The lowest BCUT2D eigenvalue weighted by Gasteiger charge is -2.24. The van der Waals surface area contributed by atoms with E-state index in [4.69, 9.17) is 5.73 Å². The van der Waals surface area contributed by atoms with E-state index in [1.807, 2.05) is 12.1 Å². The van der Waals surface area contributed by atoms with Gasteiger partial charge in [-0.3, -0.25) is 4.79 Å². The molecule has 0 aromatic heterocycles. The van der Waals surface area contributed by atoms with Crippen LogP contribution in [0.3, 0.4) is 0 Å². The Morgan fingerprint density at radius 1 is 1.39 bits per heavy atom. The van der Waals surface area contributed by atoms with Crippen molar-refractivity contribution in [1.82, 2.24) is 0 Å². The van der Waals surface area contributed by atoms with Crippen molar-refractivity contribution in [3.63, 3.8) is 0 Å². The minimum absolute atomic E-state index is 0.0169. The first-order valence-electron chi connectivity index (χ1n) is 6.65. The molecule has 0 spiro atoms. The van der Waals surface area contributed by atoms with E-state index in [2.05, 4.69) is 12.2 Å². The predicted octanol–water partition coefficient (Wildman–Crippen LogP) is 3.46. The second-order valence-corrected chi connectivity index (χ2v) is 5.73. The molecule has 0 radical (unpaired) electrons. The summed E-state index contributed by atoms with van der Waals surface area (Å²) in [6.07, 6.45) is 5.24. The van der Waals surface area contributed by atoms with E-state index in [-0.39, 0.29) is 5.78 Å². The molecule has 0 heterocycles. The fourth-order valence-electron chi connectivity index (χ4n) is 2.69. The first-order chi connectivity index (χ1) is 8.50.